The topological polar surface area (TPSA) is 52.6 Å². The van der Waals surface area contributed by atoms with Crippen LogP contribution >= 0.6 is 0 Å². The van der Waals surface area contributed by atoms with E-state index in [4.69, 9.17) is 9.47 Å². The second-order valence-corrected chi connectivity index (χ2v) is 5.51. The molecule has 0 aliphatic carbocycles. The molecule has 1 rings (SSSR count). The summed E-state index contributed by atoms with van der Waals surface area (Å²) >= 11 is -0.279. The zero-order chi connectivity index (χ0) is 12.7. The summed E-state index contributed by atoms with van der Waals surface area (Å²) in [6.45, 7) is 3.28. The van der Waals surface area contributed by atoms with Crippen LogP contribution in [0.15, 0.2) is 30.3 Å². The van der Waals surface area contributed by atoms with E-state index in [0.29, 0.717) is 0 Å². The molecule has 0 aliphatic heterocycles. The molecule has 0 amide bonds. The third-order valence-electron chi connectivity index (χ3n) is 1.74. The molecule has 0 saturated heterocycles. The van der Waals surface area contributed by atoms with Crippen molar-refractivity contribution in [1.82, 2.24) is 0 Å². The first-order valence-electron chi connectivity index (χ1n) is 5.19. The maximum atomic E-state index is 11.6. The van der Waals surface area contributed by atoms with E-state index in [1.807, 2.05) is 30.3 Å². The third kappa shape index (κ3) is 5.02. The molecule has 0 spiro atoms. The fourth-order valence-electron chi connectivity index (χ4n) is 1.10. The Morgan fingerprint density at radius 3 is 2.47 bits per heavy atom. The molecule has 4 nitrogen and oxygen atoms in total. The summed E-state index contributed by atoms with van der Waals surface area (Å²) in [5, 5.41) is -0.803. The molecule has 0 aliphatic rings. The second kappa shape index (κ2) is 7.09. The number of benzene rings is 1. The van der Waals surface area contributed by atoms with Gasteiger partial charge >= 0.3 is 106 Å². The van der Waals surface area contributed by atoms with Crippen LogP contribution in [-0.2, 0) is 19.1 Å². The molecular weight excluding hydrogens is 287 g/mol. The van der Waals surface area contributed by atoms with Gasteiger partial charge in [-0.3, -0.25) is 0 Å². The molecule has 0 N–H and O–H groups in total. The van der Waals surface area contributed by atoms with Crippen molar-refractivity contribution in [1.29, 1.82) is 0 Å². The number of carbonyl (C=O) groups excluding carboxylic acids is 2. The number of ether oxygens (including phenoxy) is 2. The van der Waals surface area contributed by atoms with Crippen LogP contribution in [0.1, 0.15) is 13.8 Å². The first-order chi connectivity index (χ1) is 8.13. The SMILES string of the molecule is CCOC(=O)C(OC(C)=O)[Se]c1ccccc1. The molecule has 1 atom stereocenters. The first-order valence-corrected chi connectivity index (χ1v) is 7.03. The number of hydrogen-bond acceptors (Lipinski definition) is 4. The summed E-state index contributed by atoms with van der Waals surface area (Å²) in [5.41, 5.74) is 0. The van der Waals surface area contributed by atoms with Gasteiger partial charge in [-0.05, 0) is 0 Å². The normalized spacial score (nSPS) is 11.6. The molecule has 0 radical (unpaired) electrons. The van der Waals surface area contributed by atoms with Crippen LogP contribution < -0.4 is 4.46 Å². The number of esters is 2. The standard InChI is InChI=1S/C12H14O4Se/c1-3-15-11(14)12(16-9(2)13)17-10-7-5-4-6-8-10/h4-8,12H,3H2,1-2H3. The minimum atomic E-state index is -0.803. The summed E-state index contributed by atoms with van der Waals surface area (Å²) in [6, 6.07) is 9.45. The van der Waals surface area contributed by atoms with Gasteiger partial charge in [-0.25, -0.2) is 0 Å². The van der Waals surface area contributed by atoms with Gasteiger partial charge in [-0.2, -0.15) is 0 Å². The quantitative estimate of drug-likeness (QED) is 0.586. The number of rotatable bonds is 5. The van der Waals surface area contributed by atoms with E-state index in [-0.39, 0.29) is 21.6 Å². The Balaban J connectivity index is 2.70. The van der Waals surface area contributed by atoms with E-state index in [2.05, 4.69) is 0 Å². The van der Waals surface area contributed by atoms with Crippen LogP contribution in [0.5, 0.6) is 0 Å². The van der Waals surface area contributed by atoms with Gasteiger partial charge < -0.3 is 0 Å². The molecule has 92 valence electrons. The zero-order valence-corrected chi connectivity index (χ0v) is 11.4. The van der Waals surface area contributed by atoms with Gasteiger partial charge in [0.2, 0.25) is 0 Å². The fourth-order valence-corrected chi connectivity index (χ4v) is 3.01. The monoisotopic (exact) mass is 302 g/mol. The molecule has 0 heterocycles. The van der Waals surface area contributed by atoms with Crippen molar-refractivity contribution >= 4 is 31.4 Å². The van der Waals surface area contributed by atoms with Crippen molar-refractivity contribution in [2.24, 2.45) is 0 Å². The Morgan fingerprint density at radius 1 is 1.29 bits per heavy atom. The zero-order valence-electron chi connectivity index (χ0n) is 9.71. The van der Waals surface area contributed by atoms with E-state index in [0.717, 1.165) is 4.46 Å². The van der Waals surface area contributed by atoms with Crippen LogP contribution in [-0.4, -0.2) is 38.5 Å². The Bertz CT molecular complexity index is 377. The number of hydrogen-bond donors (Lipinski definition) is 0. The van der Waals surface area contributed by atoms with E-state index in [1.54, 1.807) is 6.92 Å². The molecule has 1 aromatic carbocycles. The van der Waals surface area contributed by atoms with Gasteiger partial charge in [-0.15, -0.1) is 0 Å². The predicted molar refractivity (Wildman–Crippen MR) is 64.0 cm³/mol. The fraction of sp³-hybridized carbons (Fsp3) is 0.333. The van der Waals surface area contributed by atoms with E-state index in [9.17, 15) is 9.59 Å². The summed E-state index contributed by atoms with van der Waals surface area (Å²) in [4.78, 5) is 22.5. The maximum absolute atomic E-state index is 11.6. The van der Waals surface area contributed by atoms with Crippen molar-refractivity contribution in [3.63, 3.8) is 0 Å². The molecule has 1 aromatic rings. The Kier molecular flexibility index (Phi) is 5.73. The van der Waals surface area contributed by atoms with E-state index in [1.165, 1.54) is 6.92 Å². The van der Waals surface area contributed by atoms with Gasteiger partial charge in [-0.1, -0.05) is 0 Å². The van der Waals surface area contributed by atoms with Crippen LogP contribution in [0.2, 0.25) is 0 Å². The molecule has 17 heavy (non-hydrogen) atoms. The van der Waals surface area contributed by atoms with Crippen molar-refractivity contribution in [3.05, 3.63) is 30.3 Å². The molecule has 5 heteroatoms. The van der Waals surface area contributed by atoms with Crippen molar-refractivity contribution in [2.75, 3.05) is 6.61 Å². The average Bonchev–Trinajstić information content (AvgIpc) is 2.29. The molecule has 0 bridgehead atoms. The van der Waals surface area contributed by atoms with Gasteiger partial charge in [0.1, 0.15) is 0 Å². The Labute approximate surface area is 106 Å². The predicted octanol–water partition coefficient (Wildman–Crippen LogP) is 0.468. The summed E-state index contributed by atoms with van der Waals surface area (Å²) < 4.78 is 10.8. The number of carbonyl (C=O) groups is 2. The third-order valence-corrected chi connectivity index (χ3v) is 3.94. The Morgan fingerprint density at radius 2 is 1.94 bits per heavy atom. The molecule has 0 saturated carbocycles. The summed E-state index contributed by atoms with van der Waals surface area (Å²) in [7, 11) is 0. The molecule has 0 fully saturated rings. The van der Waals surface area contributed by atoms with Crippen LogP contribution in [0.25, 0.3) is 0 Å². The Hall–Kier alpha value is -1.32. The average molecular weight is 301 g/mol. The molecular formula is C12H14O4Se. The van der Waals surface area contributed by atoms with Crippen LogP contribution in [0.3, 0.4) is 0 Å². The second-order valence-electron chi connectivity index (χ2n) is 3.12. The van der Waals surface area contributed by atoms with Crippen molar-refractivity contribution in [3.8, 4) is 0 Å². The van der Waals surface area contributed by atoms with E-state index < -0.39 is 16.9 Å². The van der Waals surface area contributed by atoms with Gasteiger partial charge in [0.25, 0.3) is 0 Å². The summed E-state index contributed by atoms with van der Waals surface area (Å²) in [5.74, 6) is -0.951. The van der Waals surface area contributed by atoms with Crippen LogP contribution in [0.4, 0.5) is 0 Å². The van der Waals surface area contributed by atoms with Gasteiger partial charge in [0, 0.05) is 0 Å². The van der Waals surface area contributed by atoms with Gasteiger partial charge in [0.05, 0.1) is 0 Å². The van der Waals surface area contributed by atoms with Gasteiger partial charge in [0.15, 0.2) is 0 Å². The first kappa shape index (κ1) is 13.7. The minimum absolute atomic E-state index is 0.279. The van der Waals surface area contributed by atoms with Crippen molar-refractivity contribution < 1.29 is 19.1 Å². The molecule has 1 unspecified atom stereocenters. The molecule has 0 aromatic heterocycles. The van der Waals surface area contributed by atoms with E-state index >= 15 is 0 Å². The van der Waals surface area contributed by atoms with Crippen molar-refractivity contribution in [2.45, 2.75) is 18.8 Å². The summed E-state index contributed by atoms with van der Waals surface area (Å²) in [6.07, 6.45) is 0. The van der Waals surface area contributed by atoms with Crippen LogP contribution in [0, 0.1) is 0 Å².